The van der Waals surface area contributed by atoms with Gasteiger partial charge in [-0.2, -0.15) is 0 Å². The molecular weight excluding hydrogens is 308 g/mol. The van der Waals surface area contributed by atoms with E-state index in [1.807, 2.05) is 33.8 Å². The fraction of sp³-hybridized carbons (Fsp3) is 0.600. The van der Waals surface area contributed by atoms with Crippen molar-refractivity contribution in [1.29, 1.82) is 0 Å². The maximum atomic E-state index is 12.7. The summed E-state index contributed by atoms with van der Waals surface area (Å²) in [6.07, 6.45) is 0. The largest absolute Gasteiger partial charge is 0.313 e. The first-order valence-electron chi connectivity index (χ1n) is 7.16. The third kappa shape index (κ3) is 4.68. The van der Waals surface area contributed by atoms with Gasteiger partial charge >= 0.3 is 0 Å². The van der Waals surface area contributed by atoms with Gasteiger partial charge in [0.25, 0.3) is 0 Å². The van der Waals surface area contributed by atoms with E-state index < -0.39 is 10.0 Å². The number of hydrogen-bond acceptors (Lipinski definition) is 3. The van der Waals surface area contributed by atoms with Gasteiger partial charge in [0.15, 0.2) is 0 Å². The molecule has 0 spiro atoms. The lowest BCUT2D eigenvalue weighted by Gasteiger charge is -2.21. The lowest BCUT2D eigenvalue weighted by atomic mass is 10.1. The highest BCUT2D eigenvalue weighted by molar-refractivity contribution is 7.89. The van der Waals surface area contributed by atoms with Crippen LogP contribution in [0.1, 0.15) is 31.9 Å². The molecule has 0 atom stereocenters. The molecule has 0 amide bonds. The fourth-order valence-electron chi connectivity index (χ4n) is 2.20. The Bertz CT molecular complexity index is 586. The summed E-state index contributed by atoms with van der Waals surface area (Å²) in [6.45, 7) is 9.74. The molecule has 6 heteroatoms. The summed E-state index contributed by atoms with van der Waals surface area (Å²) >= 11 is 6.11. The third-order valence-electron chi connectivity index (χ3n) is 3.31. The highest BCUT2D eigenvalue weighted by atomic mass is 35.5. The van der Waals surface area contributed by atoms with Crippen LogP contribution in [-0.4, -0.2) is 32.9 Å². The standard InChI is InChI=1S/C15H25ClN2O2S/c1-6-17-9-13-7-14(16)8-15(12(13)4)21(19,20)18(5)10-11(2)3/h7-8,11,17H,6,9-10H2,1-5H3. The monoisotopic (exact) mass is 332 g/mol. The highest BCUT2D eigenvalue weighted by Gasteiger charge is 2.25. The summed E-state index contributed by atoms with van der Waals surface area (Å²) in [7, 11) is -1.90. The maximum Gasteiger partial charge on any atom is 0.243 e. The van der Waals surface area contributed by atoms with Crippen molar-refractivity contribution in [3.63, 3.8) is 0 Å². The second-order valence-corrected chi connectivity index (χ2v) is 8.10. The van der Waals surface area contributed by atoms with Crippen molar-refractivity contribution in [1.82, 2.24) is 9.62 Å². The molecule has 1 N–H and O–H groups in total. The van der Waals surface area contributed by atoms with Crippen LogP contribution in [0.25, 0.3) is 0 Å². The molecule has 1 rings (SSSR count). The molecule has 0 heterocycles. The van der Waals surface area contributed by atoms with E-state index in [1.165, 1.54) is 4.31 Å². The Labute approximate surface area is 133 Å². The molecule has 1 aromatic rings. The predicted molar refractivity (Wildman–Crippen MR) is 88.2 cm³/mol. The third-order valence-corrected chi connectivity index (χ3v) is 5.48. The molecule has 0 aliphatic carbocycles. The van der Waals surface area contributed by atoms with Crippen LogP contribution in [0.3, 0.4) is 0 Å². The van der Waals surface area contributed by atoms with E-state index in [-0.39, 0.29) is 5.92 Å². The van der Waals surface area contributed by atoms with E-state index in [0.29, 0.717) is 23.0 Å². The first kappa shape index (κ1) is 18.4. The smallest absolute Gasteiger partial charge is 0.243 e. The average molecular weight is 333 g/mol. The molecule has 0 aliphatic rings. The Balaban J connectivity index is 3.25. The minimum absolute atomic E-state index is 0.269. The van der Waals surface area contributed by atoms with Crippen LogP contribution >= 0.6 is 11.6 Å². The van der Waals surface area contributed by atoms with Crippen molar-refractivity contribution in [3.8, 4) is 0 Å². The number of halogens is 1. The molecule has 0 unspecified atom stereocenters. The Morgan fingerprint density at radius 3 is 2.48 bits per heavy atom. The van der Waals surface area contributed by atoms with Gasteiger partial charge in [0.1, 0.15) is 0 Å². The summed E-state index contributed by atoms with van der Waals surface area (Å²) in [6, 6.07) is 3.36. The second-order valence-electron chi connectivity index (χ2n) is 5.65. The summed E-state index contributed by atoms with van der Waals surface area (Å²) in [5, 5.41) is 3.65. The molecule has 4 nitrogen and oxygen atoms in total. The first-order valence-corrected chi connectivity index (χ1v) is 8.98. The number of nitrogens with zero attached hydrogens (tertiary/aromatic N) is 1. The predicted octanol–water partition coefficient (Wildman–Crippen LogP) is 3.03. The van der Waals surface area contributed by atoms with Crippen LogP contribution in [0.4, 0.5) is 0 Å². The minimum atomic E-state index is -3.51. The lowest BCUT2D eigenvalue weighted by molar-refractivity contribution is 0.417. The van der Waals surface area contributed by atoms with Crippen molar-refractivity contribution >= 4 is 21.6 Å². The number of rotatable bonds is 7. The van der Waals surface area contributed by atoms with Gasteiger partial charge in [-0.05, 0) is 42.6 Å². The van der Waals surface area contributed by atoms with Gasteiger partial charge in [-0.3, -0.25) is 0 Å². The van der Waals surface area contributed by atoms with Crippen LogP contribution in [-0.2, 0) is 16.6 Å². The van der Waals surface area contributed by atoms with Crippen molar-refractivity contribution in [2.45, 2.75) is 39.1 Å². The zero-order valence-corrected chi connectivity index (χ0v) is 15.0. The first-order chi connectivity index (χ1) is 9.70. The Morgan fingerprint density at radius 1 is 1.33 bits per heavy atom. The van der Waals surface area contributed by atoms with Gasteiger partial charge in [-0.25, -0.2) is 12.7 Å². The Hall–Kier alpha value is -0.620. The number of benzene rings is 1. The summed E-state index contributed by atoms with van der Waals surface area (Å²) in [5.41, 5.74) is 1.68. The highest BCUT2D eigenvalue weighted by Crippen LogP contribution is 2.27. The fourth-order valence-corrected chi connectivity index (χ4v) is 4.13. The van der Waals surface area contributed by atoms with Crippen molar-refractivity contribution in [2.24, 2.45) is 5.92 Å². The van der Waals surface area contributed by atoms with Gasteiger partial charge < -0.3 is 5.32 Å². The van der Waals surface area contributed by atoms with E-state index in [9.17, 15) is 8.42 Å². The number of hydrogen-bond donors (Lipinski definition) is 1. The van der Waals surface area contributed by atoms with Gasteiger partial charge in [-0.1, -0.05) is 32.4 Å². The SMILES string of the molecule is CCNCc1cc(Cl)cc(S(=O)(=O)N(C)CC(C)C)c1C. The topological polar surface area (TPSA) is 49.4 Å². The maximum absolute atomic E-state index is 12.7. The van der Waals surface area contributed by atoms with E-state index in [0.717, 1.165) is 17.7 Å². The lowest BCUT2D eigenvalue weighted by Crippen LogP contribution is -2.31. The Kier molecular flexibility index (Phi) is 6.66. The van der Waals surface area contributed by atoms with Gasteiger partial charge in [-0.15, -0.1) is 0 Å². The molecule has 21 heavy (non-hydrogen) atoms. The zero-order valence-electron chi connectivity index (χ0n) is 13.4. The van der Waals surface area contributed by atoms with Gasteiger partial charge in [0.2, 0.25) is 10.0 Å². The molecule has 0 saturated carbocycles. The molecule has 0 radical (unpaired) electrons. The number of nitrogens with one attached hydrogen (secondary N) is 1. The van der Waals surface area contributed by atoms with Crippen LogP contribution in [0.5, 0.6) is 0 Å². The quantitative estimate of drug-likeness (QED) is 0.835. The van der Waals surface area contributed by atoms with Crippen LogP contribution in [0.2, 0.25) is 5.02 Å². The van der Waals surface area contributed by atoms with Crippen molar-refractivity contribution in [3.05, 3.63) is 28.3 Å². The average Bonchev–Trinajstić information content (AvgIpc) is 2.38. The summed E-state index contributed by atoms with van der Waals surface area (Å²) in [5.74, 6) is 0.269. The molecule has 0 aromatic heterocycles. The van der Waals surface area contributed by atoms with Crippen molar-refractivity contribution in [2.75, 3.05) is 20.1 Å². The summed E-state index contributed by atoms with van der Waals surface area (Å²) < 4.78 is 26.8. The molecule has 0 saturated heterocycles. The molecule has 0 fully saturated rings. The molecule has 0 bridgehead atoms. The normalized spacial score (nSPS) is 12.4. The van der Waals surface area contributed by atoms with Crippen LogP contribution in [0.15, 0.2) is 17.0 Å². The molecular formula is C15H25ClN2O2S. The Morgan fingerprint density at radius 2 is 1.95 bits per heavy atom. The van der Waals surface area contributed by atoms with Gasteiger partial charge in [0.05, 0.1) is 4.90 Å². The molecule has 1 aromatic carbocycles. The second kappa shape index (κ2) is 7.58. The molecule has 120 valence electrons. The molecule has 0 aliphatic heterocycles. The summed E-state index contributed by atoms with van der Waals surface area (Å²) in [4.78, 5) is 0.297. The van der Waals surface area contributed by atoms with Crippen LogP contribution < -0.4 is 5.32 Å². The van der Waals surface area contributed by atoms with E-state index >= 15 is 0 Å². The van der Waals surface area contributed by atoms with Crippen LogP contribution in [0, 0.1) is 12.8 Å². The van der Waals surface area contributed by atoms with E-state index in [1.54, 1.807) is 13.1 Å². The van der Waals surface area contributed by atoms with E-state index in [4.69, 9.17) is 11.6 Å². The van der Waals surface area contributed by atoms with Gasteiger partial charge in [0, 0.05) is 25.2 Å². The minimum Gasteiger partial charge on any atom is -0.313 e. The van der Waals surface area contributed by atoms with Crippen molar-refractivity contribution < 1.29 is 8.42 Å². The van der Waals surface area contributed by atoms with E-state index in [2.05, 4.69) is 5.32 Å². The zero-order chi connectivity index (χ0) is 16.2. The number of sulfonamides is 1.